The highest BCUT2D eigenvalue weighted by atomic mass is 32.2. The van der Waals surface area contributed by atoms with Crippen molar-refractivity contribution in [1.29, 1.82) is 0 Å². The Morgan fingerprint density at radius 3 is 2.65 bits per heavy atom. The third kappa shape index (κ3) is 2.13. The van der Waals surface area contributed by atoms with Crippen molar-refractivity contribution in [2.45, 2.75) is 25.7 Å². The van der Waals surface area contributed by atoms with E-state index in [1.807, 2.05) is 12.1 Å². The van der Waals surface area contributed by atoms with Crippen LogP contribution >= 0.6 is 0 Å². The van der Waals surface area contributed by atoms with Crippen LogP contribution in [0.2, 0.25) is 0 Å². The van der Waals surface area contributed by atoms with Crippen molar-refractivity contribution in [3.63, 3.8) is 0 Å². The lowest BCUT2D eigenvalue weighted by molar-refractivity contribution is 0.0841. The van der Waals surface area contributed by atoms with Gasteiger partial charge in [-0.1, -0.05) is 6.07 Å². The minimum absolute atomic E-state index is 0.266. The first-order chi connectivity index (χ1) is 9.50. The van der Waals surface area contributed by atoms with E-state index in [1.54, 1.807) is 6.07 Å². The molecular formula is C14H18N2O3S. The molecule has 1 aromatic carbocycles. The van der Waals surface area contributed by atoms with Crippen molar-refractivity contribution < 1.29 is 13.2 Å². The number of hydrogen-bond donors (Lipinski definition) is 0. The Labute approximate surface area is 119 Å². The maximum Gasteiger partial charge on any atom is 0.306 e. The predicted octanol–water partition coefficient (Wildman–Crippen LogP) is 1.20. The Balaban J connectivity index is 1.92. The van der Waals surface area contributed by atoms with E-state index in [4.69, 9.17) is 0 Å². The molecule has 0 bridgehead atoms. The largest absolute Gasteiger partial charge is 0.306 e. The Morgan fingerprint density at radius 1 is 1.10 bits per heavy atom. The summed E-state index contributed by atoms with van der Waals surface area (Å²) in [6.45, 7) is 0.735. The van der Waals surface area contributed by atoms with Gasteiger partial charge >= 0.3 is 10.2 Å². The van der Waals surface area contributed by atoms with Crippen LogP contribution in [0.15, 0.2) is 18.2 Å². The van der Waals surface area contributed by atoms with E-state index < -0.39 is 16.1 Å². The SMILES string of the molecule is CN1CCCN(C(=O)c2ccc3c(c2)CCC3)S1(=O)=O. The van der Waals surface area contributed by atoms with E-state index >= 15 is 0 Å². The van der Waals surface area contributed by atoms with Crippen molar-refractivity contribution >= 4 is 16.1 Å². The van der Waals surface area contributed by atoms with Gasteiger partial charge in [-0.3, -0.25) is 4.79 Å². The minimum Gasteiger partial charge on any atom is -0.268 e. The lowest BCUT2D eigenvalue weighted by Gasteiger charge is -2.32. The van der Waals surface area contributed by atoms with Crippen LogP contribution in [0.1, 0.15) is 34.3 Å². The van der Waals surface area contributed by atoms with Crippen molar-refractivity contribution in [3.05, 3.63) is 34.9 Å². The van der Waals surface area contributed by atoms with Gasteiger partial charge in [0.05, 0.1) is 0 Å². The number of carbonyl (C=O) groups is 1. The van der Waals surface area contributed by atoms with Crippen LogP contribution in [0.4, 0.5) is 0 Å². The van der Waals surface area contributed by atoms with E-state index in [9.17, 15) is 13.2 Å². The Hall–Kier alpha value is -1.40. The van der Waals surface area contributed by atoms with Crippen molar-refractivity contribution in [3.8, 4) is 0 Å². The van der Waals surface area contributed by atoms with Gasteiger partial charge in [-0.15, -0.1) is 0 Å². The van der Waals surface area contributed by atoms with Crippen LogP contribution in [-0.4, -0.2) is 43.1 Å². The molecule has 0 radical (unpaired) electrons. The summed E-state index contributed by atoms with van der Waals surface area (Å²) in [5, 5.41) is 0. The standard InChI is InChI=1S/C14H18N2O3S/c1-15-8-3-9-16(20(15,18)19)14(17)13-7-6-11-4-2-5-12(11)10-13/h6-7,10H,2-5,8-9H2,1H3. The first-order valence-corrected chi connectivity index (χ1v) is 8.30. The van der Waals surface area contributed by atoms with Gasteiger partial charge in [-0.2, -0.15) is 12.7 Å². The quantitative estimate of drug-likeness (QED) is 0.782. The number of fused-ring (bicyclic) bond motifs is 1. The summed E-state index contributed by atoms with van der Waals surface area (Å²) in [6, 6.07) is 5.56. The lowest BCUT2D eigenvalue weighted by Crippen LogP contribution is -2.50. The normalized spacial score (nSPS) is 21.8. The van der Waals surface area contributed by atoms with Gasteiger partial charge in [0, 0.05) is 25.7 Å². The molecule has 0 aromatic heterocycles. The van der Waals surface area contributed by atoms with Gasteiger partial charge in [0.25, 0.3) is 5.91 Å². The second kappa shape index (κ2) is 4.86. The minimum atomic E-state index is -3.65. The molecule has 2 aliphatic rings. The molecule has 0 N–H and O–H groups in total. The summed E-state index contributed by atoms with van der Waals surface area (Å²) in [5.74, 6) is -0.411. The number of benzene rings is 1. The summed E-state index contributed by atoms with van der Waals surface area (Å²) >= 11 is 0. The van der Waals surface area contributed by atoms with Crippen LogP contribution in [0.5, 0.6) is 0 Å². The fourth-order valence-corrected chi connectivity index (χ4v) is 4.26. The monoisotopic (exact) mass is 294 g/mol. The molecule has 6 heteroatoms. The molecule has 1 saturated heterocycles. The smallest absolute Gasteiger partial charge is 0.268 e. The van der Waals surface area contributed by atoms with E-state index in [1.165, 1.54) is 22.5 Å². The molecule has 1 aromatic rings. The number of hydrogen-bond acceptors (Lipinski definition) is 3. The fraction of sp³-hybridized carbons (Fsp3) is 0.500. The van der Waals surface area contributed by atoms with E-state index in [2.05, 4.69) is 0 Å². The van der Waals surface area contributed by atoms with Gasteiger partial charge in [0.1, 0.15) is 0 Å². The molecule has 0 saturated carbocycles. The fourth-order valence-electron chi connectivity index (χ4n) is 2.89. The highest BCUT2D eigenvalue weighted by Gasteiger charge is 2.35. The molecule has 1 amide bonds. The van der Waals surface area contributed by atoms with Gasteiger partial charge in [-0.05, 0) is 48.9 Å². The zero-order chi connectivity index (χ0) is 14.3. The Kier molecular flexibility index (Phi) is 3.30. The highest BCUT2D eigenvalue weighted by molar-refractivity contribution is 7.87. The van der Waals surface area contributed by atoms with Gasteiger partial charge in [0.15, 0.2) is 0 Å². The average Bonchev–Trinajstić information content (AvgIpc) is 2.88. The number of aryl methyl sites for hydroxylation is 2. The predicted molar refractivity (Wildman–Crippen MR) is 75.7 cm³/mol. The maximum atomic E-state index is 12.5. The molecular weight excluding hydrogens is 276 g/mol. The van der Waals surface area contributed by atoms with Crippen LogP contribution < -0.4 is 0 Å². The highest BCUT2D eigenvalue weighted by Crippen LogP contribution is 2.25. The summed E-state index contributed by atoms with van der Waals surface area (Å²) in [5.41, 5.74) is 2.93. The van der Waals surface area contributed by atoms with Crippen LogP contribution in [-0.2, 0) is 23.1 Å². The van der Waals surface area contributed by atoms with Gasteiger partial charge in [-0.25, -0.2) is 4.31 Å². The molecule has 1 aliphatic heterocycles. The zero-order valence-electron chi connectivity index (χ0n) is 11.5. The topological polar surface area (TPSA) is 57.7 Å². The number of rotatable bonds is 1. The molecule has 5 nitrogen and oxygen atoms in total. The zero-order valence-corrected chi connectivity index (χ0v) is 12.3. The molecule has 0 atom stereocenters. The molecule has 1 heterocycles. The van der Waals surface area contributed by atoms with E-state index in [0.717, 1.165) is 23.6 Å². The van der Waals surface area contributed by atoms with Crippen LogP contribution in [0.3, 0.4) is 0 Å². The molecule has 20 heavy (non-hydrogen) atoms. The summed E-state index contributed by atoms with van der Waals surface area (Å²) in [4.78, 5) is 12.5. The van der Waals surface area contributed by atoms with Crippen LogP contribution in [0.25, 0.3) is 0 Å². The molecule has 1 fully saturated rings. The molecule has 1 aliphatic carbocycles. The van der Waals surface area contributed by atoms with Crippen LogP contribution in [0, 0.1) is 0 Å². The first-order valence-electron chi connectivity index (χ1n) is 6.90. The Bertz CT molecular complexity index is 654. The second-order valence-corrected chi connectivity index (χ2v) is 7.36. The number of nitrogens with zero attached hydrogens (tertiary/aromatic N) is 2. The molecule has 3 rings (SSSR count). The van der Waals surface area contributed by atoms with Crippen molar-refractivity contribution in [2.75, 3.05) is 20.1 Å². The Morgan fingerprint density at radius 2 is 1.85 bits per heavy atom. The number of carbonyl (C=O) groups excluding carboxylic acids is 1. The summed E-state index contributed by atoms with van der Waals surface area (Å²) < 4.78 is 26.6. The number of amides is 1. The molecule has 0 spiro atoms. The van der Waals surface area contributed by atoms with E-state index in [0.29, 0.717) is 18.5 Å². The van der Waals surface area contributed by atoms with Gasteiger partial charge < -0.3 is 0 Å². The first kappa shape index (κ1) is 13.6. The summed E-state index contributed by atoms with van der Waals surface area (Å²) in [6.07, 6.45) is 3.81. The summed E-state index contributed by atoms with van der Waals surface area (Å²) in [7, 11) is -2.14. The third-order valence-electron chi connectivity index (χ3n) is 4.08. The maximum absolute atomic E-state index is 12.5. The van der Waals surface area contributed by atoms with Gasteiger partial charge in [0.2, 0.25) is 0 Å². The molecule has 108 valence electrons. The average molecular weight is 294 g/mol. The lowest BCUT2D eigenvalue weighted by atomic mass is 10.1. The van der Waals surface area contributed by atoms with Crippen molar-refractivity contribution in [1.82, 2.24) is 8.61 Å². The van der Waals surface area contributed by atoms with E-state index in [-0.39, 0.29) is 6.54 Å². The third-order valence-corrected chi connectivity index (χ3v) is 5.95. The molecule has 0 unspecified atom stereocenters. The van der Waals surface area contributed by atoms with Crippen molar-refractivity contribution in [2.24, 2.45) is 0 Å². The second-order valence-electron chi connectivity index (χ2n) is 5.40.